The van der Waals surface area contributed by atoms with Gasteiger partial charge < -0.3 is 9.13 Å². The van der Waals surface area contributed by atoms with Crippen LogP contribution in [0, 0.1) is 0 Å². The molecule has 2 nitrogen and oxygen atoms in total. The molecule has 0 saturated carbocycles. The summed E-state index contributed by atoms with van der Waals surface area (Å²) in [5.41, 5.74) is 20.2. The first-order chi connectivity index (χ1) is 30.2. The van der Waals surface area contributed by atoms with Gasteiger partial charge in [-0.05, 0) is 105 Å². The van der Waals surface area contributed by atoms with Crippen LogP contribution < -0.4 is 0 Å². The molecule has 11 aromatic rings. The third kappa shape index (κ3) is 5.49. The summed E-state index contributed by atoms with van der Waals surface area (Å²) in [5, 5.41) is 5.11. The molecule has 0 bridgehead atoms. The fourth-order valence-electron chi connectivity index (χ4n) is 10.7. The van der Waals surface area contributed by atoms with Crippen molar-refractivity contribution in [2.45, 2.75) is 32.1 Å². The molecule has 3 heterocycles. The molecule has 0 saturated heterocycles. The van der Waals surface area contributed by atoms with Gasteiger partial charge in [0.25, 0.3) is 0 Å². The standard InChI is InChI=1S/C59H44N2/c1-3-44-38(2)45-36-33-42(41-29-27-39(28-30-41)40-31-34-43(35-32-40)60-55-23-10-7-18-49(55)50-19-8-11-24-56(50)60)37-54(45)53-22-14-21-52-51-20-9-13-26-58(51)61(59(52)53)57-25-12-6-17-48(57)47-16-5-4-15-46(44)47/h4-38,44H,3H2,1-2H3. The zero-order chi connectivity index (χ0) is 40.6. The molecule has 2 heteroatoms. The number of hydrogen-bond donors (Lipinski definition) is 0. The molecular weight excluding hydrogens is 737 g/mol. The minimum Gasteiger partial charge on any atom is -0.309 e. The number of para-hydroxylation sites is 5. The Morgan fingerprint density at radius 2 is 0.869 bits per heavy atom. The molecule has 0 amide bonds. The number of fused-ring (bicyclic) bond motifs is 12. The van der Waals surface area contributed by atoms with E-state index in [1.54, 1.807) is 0 Å². The highest BCUT2D eigenvalue weighted by atomic mass is 15.0. The Morgan fingerprint density at radius 3 is 1.54 bits per heavy atom. The first kappa shape index (κ1) is 35.5. The zero-order valence-electron chi connectivity index (χ0n) is 34.4. The summed E-state index contributed by atoms with van der Waals surface area (Å²) in [5.74, 6) is 0.615. The largest absolute Gasteiger partial charge is 0.309 e. The van der Waals surface area contributed by atoms with E-state index < -0.39 is 0 Å². The van der Waals surface area contributed by atoms with Crippen molar-refractivity contribution in [2.75, 3.05) is 0 Å². The number of rotatable bonds is 4. The monoisotopic (exact) mass is 780 g/mol. The predicted octanol–water partition coefficient (Wildman–Crippen LogP) is 16.2. The summed E-state index contributed by atoms with van der Waals surface area (Å²) < 4.78 is 4.92. The van der Waals surface area contributed by atoms with Gasteiger partial charge in [-0.1, -0.05) is 178 Å². The Kier molecular flexibility index (Phi) is 8.21. The van der Waals surface area contributed by atoms with Gasteiger partial charge in [-0.15, -0.1) is 0 Å². The van der Waals surface area contributed by atoms with Crippen molar-refractivity contribution in [1.29, 1.82) is 0 Å². The molecule has 2 aromatic heterocycles. The van der Waals surface area contributed by atoms with Gasteiger partial charge in [0.2, 0.25) is 0 Å². The molecule has 0 radical (unpaired) electrons. The summed E-state index contributed by atoms with van der Waals surface area (Å²) in [6.07, 6.45) is 1.04. The Bertz CT molecular complexity index is 3420. The molecule has 9 aromatic carbocycles. The van der Waals surface area contributed by atoms with Crippen LogP contribution in [-0.4, -0.2) is 9.13 Å². The maximum atomic E-state index is 2.54. The number of aromatic nitrogens is 2. The third-order valence-electron chi connectivity index (χ3n) is 13.6. The molecule has 0 fully saturated rings. The molecule has 61 heavy (non-hydrogen) atoms. The number of nitrogens with zero attached hydrogens (tertiary/aromatic N) is 2. The average molecular weight is 781 g/mol. The Labute approximate surface area is 356 Å². The van der Waals surface area contributed by atoms with Crippen LogP contribution in [0.25, 0.3) is 99.5 Å². The topological polar surface area (TPSA) is 9.86 Å². The summed E-state index contributed by atoms with van der Waals surface area (Å²) in [7, 11) is 0. The molecule has 0 N–H and O–H groups in total. The second-order valence-corrected chi connectivity index (χ2v) is 16.8. The van der Waals surface area contributed by atoms with Crippen LogP contribution in [0.15, 0.2) is 206 Å². The zero-order valence-corrected chi connectivity index (χ0v) is 34.4. The first-order valence-corrected chi connectivity index (χ1v) is 21.7. The van der Waals surface area contributed by atoms with Crippen LogP contribution in [0.5, 0.6) is 0 Å². The van der Waals surface area contributed by atoms with E-state index in [2.05, 4.69) is 229 Å². The van der Waals surface area contributed by atoms with Crippen molar-refractivity contribution in [2.24, 2.45) is 0 Å². The van der Waals surface area contributed by atoms with Crippen molar-refractivity contribution in [1.82, 2.24) is 9.13 Å². The van der Waals surface area contributed by atoms with Gasteiger partial charge in [-0.25, -0.2) is 0 Å². The van der Waals surface area contributed by atoms with E-state index in [4.69, 9.17) is 0 Å². The van der Waals surface area contributed by atoms with Crippen molar-refractivity contribution >= 4 is 43.6 Å². The van der Waals surface area contributed by atoms with Gasteiger partial charge in [0.05, 0.1) is 27.8 Å². The normalized spacial score (nSPS) is 14.8. The van der Waals surface area contributed by atoms with E-state index >= 15 is 0 Å². The van der Waals surface area contributed by atoms with Crippen molar-refractivity contribution in [3.8, 4) is 55.9 Å². The average Bonchev–Trinajstić information content (AvgIpc) is 3.85. The molecule has 0 aliphatic carbocycles. The van der Waals surface area contributed by atoms with Gasteiger partial charge in [0.1, 0.15) is 0 Å². The lowest BCUT2D eigenvalue weighted by atomic mass is 9.76. The molecule has 12 rings (SSSR count). The van der Waals surface area contributed by atoms with E-state index in [1.165, 1.54) is 111 Å². The molecule has 290 valence electrons. The quantitative estimate of drug-likeness (QED) is 0.168. The van der Waals surface area contributed by atoms with E-state index in [0.29, 0.717) is 5.92 Å². The smallest absolute Gasteiger partial charge is 0.0619 e. The van der Waals surface area contributed by atoms with E-state index in [1.807, 2.05) is 0 Å². The van der Waals surface area contributed by atoms with Crippen LogP contribution in [0.3, 0.4) is 0 Å². The fraction of sp³-hybridized carbons (Fsp3) is 0.0847. The van der Waals surface area contributed by atoms with Crippen LogP contribution in [0.4, 0.5) is 0 Å². The lowest BCUT2D eigenvalue weighted by molar-refractivity contribution is 0.561. The minimum absolute atomic E-state index is 0.279. The Morgan fingerprint density at radius 1 is 0.377 bits per heavy atom. The predicted molar refractivity (Wildman–Crippen MR) is 258 cm³/mol. The van der Waals surface area contributed by atoms with E-state index in [9.17, 15) is 0 Å². The van der Waals surface area contributed by atoms with E-state index in [0.717, 1.165) is 6.42 Å². The highest BCUT2D eigenvalue weighted by Crippen LogP contribution is 2.49. The summed E-state index contributed by atoms with van der Waals surface area (Å²) in [6.45, 7) is 4.80. The maximum absolute atomic E-state index is 2.54. The molecule has 0 spiro atoms. The molecule has 2 unspecified atom stereocenters. The SMILES string of the molecule is CCC1c2ccccc2-c2ccccc2-n2c3ccccc3c3cccc(c32)-c2cc(-c3ccc(-c4ccc(-n5c6ccccc6c6ccccc65)cc4)cc3)ccc2C1C. The number of hydrogen-bond acceptors (Lipinski definition) is 0. The molecule has 1 aliphatic rings. The van der Waals surface area contributed by atoms with Gasteiger partial charge in [-0.2, -0.15) is 0 Å². The van der Waals surface area contributed by atoms with Crippen molar-refractivity contribution in [3.05, 3.63) is 217 Å². The maximum Gasteiger partial charge on any atom is 0.0619 e. The molecular formula is C59H44N2. The lowest BCUT2D eigenvalue weighted by Gasteiger charge is -2.28. The summed E-state index contributed by atoms with van der Waals surface area (Å²) in [6, 6.07) is 76.9. The fourth-order valence-corrected chi connectivity index (χ4v) is 10.7. The van der Waals surface area contributed by atoms with Gasteiger partial charge in [0, 0.05) is 38.4 Å². The molecule has 1 aliphatic heterocycles. The summed E-state index contributed by atoms with van der Waals surface area (Å²) >= 11 is 0. The highest BCUT2D eigenvalue weighted by Gasteiger charge is 2.29. The molecule has 2 atom stereocenters. The van der Waals surface area contributed by atoms with Gasteiger partial charge in [0.15, 0.2) is 0 Å². The second-order valence-electron chi connectivity index (χ2n) is 16.8. The van der Waals surface area contributed by atoms with Gasteiger partial charge in [-0.3, -0.25) is 0 Å². The highest BCUT2D eigenvalue weighted by molar-refractivity contribution is 6.15. The van der Waals surface area contributed by atoms with E-state index in [-0.39, 0.29) is 5.92 Å². The first-order valence-electron chi connectivity index (χ1n) is 21.7. The van der Waals surface area contributed by atoms with Crippen molar-refractivity contribution in [3.63, 3.8) is 0 Å². The van der Waals surface area contributed by atoms with Crippen molar-refractivity contribution < 1.29 is 0 Å². The van der Waals surface area contributed by atoms with Crippen LogP contribution in [-0.2, 0) is 0 Å². The number of benzene rings is 9. The minimum atomic E-state index is 0.279. The lowest BCUT2D eigenvalue weighted by Crippen LogP contribution is -2.10. The van der Waals surface area contributed by atoms with Gasteiger partial charge >= 0.3 is 0 Å². The Balaban J connectivity index is 0.999. The van der Waals surface area contributed by atoms with Crippen LogP contribution in [0.1, 0.15) is 43.2 Å². The second kappa shape index (κ2) is 14.1. The summed E-state index contributed by atoms with van der Waals surface area (Å²) in [4.78, 5) is 0. The van der Waals surface area contributed by atoms with Crippen LogP contribution in [0.2, 0.25) is 0 Å². The van der Waals surface area contributed by atoms with Crippen LogP contribution >= 0.6 is 0 Å². The Hall–Kier alpha value is -7.42. The third-order valence-corrected chi connectivity index (χ3v) is 13.6.